The van der Waals surface area contributed by atoms with Crippen LogP contribution in [0.3, 0.4) is 0 Å². The van der Waals surface area contributed by atoms with Gasteiger partial charge in [0.15, 0.2) is 11.6 Å². The summed E-state index contributed by atoms with van der Waals surface area (Å²) in [5.41, 5.74) is 8.48. The monoisotopic (exact) mass is 640 g/mol. The number of halogens is 3. The van der Waals surface area contributed by atoms with Crippen molar-refractivity contribution in [1.82, 2.24) is 9.29 Å². The number of benzene rings is 3. The maximum absolute atomic E-state index is 14.1. The van der Waals surface area contributed by atoms with Gasteiger partial charge >= 0.3 is 0 Å². The number of rotatable bonds is 6. The first-order valence-corrected chi connectivity index (χ1v) is 15.8. The number of sulfonamides is 1. The topological polar surface area (TPSA) is 115 Å². The number of ether oxygens (including phenoxy) is 1. The number of aromatic nitrogens is 1. The second-order valence-electron chi connectivity index (χ2n) is 10.6. The van der Waals surface area contributed by atoms with E-state index in [1.54, 1.807) is 49.5 Å². The van der Waals surface area contributed by atoms with E-state index in [2.05, 4.69) is 10.3 Å². The molecule has 12 heteroatoms. The molecule has 1 atom stereocenters. The Balaban J connectivity index is 1.28. The highest BCUT2D eigenvalue weighted by atomic mass is 35.5. The van der Waals surface area contributed by atoms with Crippen LogP contribution >= 0.6 is 23.2 Å². The lowest BCUT2D eigenvalue weighted by atomic mass is 9.73. The van der Waals surface area contributed by atoms with Crippen molar-refractivity contribution in [3.05, 3.63) is 99.9 Å². The number of hydrogen-bond acceptors (Lipinski definition) is 6. The minimum Gasteiger partial charge on any atom is -0.482 e. The lowest BCUT2D eigenvalue weighted by molar-refractivity contribution is -0.122. The number of amides is 1. The molecule has 8 nitrogen and oxygen atoms in total. The average Bonchev–Trinajstić information content (AvgIpc) is 3.26. The standard InChI is InChI=1S/C31H27Cl2FN4O4S/c1-18(27-23(32)8-9-24(34)28(27)33)42-26-16-20(17-36-29(26)35)19-7-10-25-22(15-19)31(30(39)37-25)11-13-38(14-12-31)43(40,41)21-5-3-2-4-6-21/h2-10,15-18H,11-14H2,1H3,(H2,35,36)(H,37,39)/t18-/m1/s1. The number of pyridine rings is 1. The Bertz CT molecular complexity index is 1850. The minimum atomic E-state index is -3.67. The smallest absolute Gasteiger partial charge is 0.243 e. The van der Waals surface area contributed by atoms with Gasteiger partial charge in [-0.15, -0.1) is 0 Å². The predicted molar refractivity (Wildman–Crippen MR) is 164 cm³/mol. The molecule has 1 amide bonds. The van der Waals surface area contributed by atoms with E-state index in [4.69, 9.17) is 33.7 Å². The van der Waals surface area contributed by atoms with Crippen LogP contribution in [0.2, 0.25) is 10.0 Å². The second-order valence-corrected chi connectivity index (χ2v) is 13.4. The molecular formula is C31H27Cl2FN4O4S. The van der Waals surface area contributed by atoms with Gasteiger partial charge in [-0.1, -0.05) is 47.5 Å². The Morgan fingerprint density at radius 3 is 2.49 bits per heavy atom. The van der Waals surface area contributed by atoms with Crippen LogP contribution in [0.4, 0.5) is 15.9 Å². The number of nitrogens with two attached hydrogens (primary N) is 1. The van der Waals surface area contributed by atoms with Crippen LogP contribution < -0.4 is 15.8 Å². The molecule has 1 saturated heterocycles. The molecule has 0 unspecified atom stereocenters. The third-order valence-corrected chi connectivity index (χ3v) is 10.8. The summed E-state index contributed by atoms with van der Waals surface area (Å²) in [5, 5.41) is 3.10. The van der Waals surface area contributed by atoms with Gasteiger partial charge in [-0.25, -0.2) is 17.8 Å². The zero-order valence-corrected chi connectivity index (χ0v) is 25.3. The third-order valence-electron chi connectivity index (χ3n) is 8.18. The quantitative estimate of drug-likeness (QED) is 0.230. The molecule has 0 radical (unpaired) electrons. The van der Waals surface area contributed by atoms with Crippen molar-refractivity contribution in [2.75, 3.05) is 24.1 Å². The Morgan fingerprint density at radius 1 is 1.05 bits per heavy atom. The van der Waals surface area contributed by atoms with Crippen LogP contribution in [0.5, 0.6) is 5.75 Å². The molecule has 3 N–H and O–H groups in total. The van der Waals surface area contributed by atoms with Crippen molar-refractivity contribution in [2.24, 2.45) is 0 Å². The van der Waals surface area contributed by atoms with Gasteiger partial charge in [0.2, 0.25) is 15.9 Å². The predicted octanol–water partition coefficient (Wildman–Crippen LogP) is 6.59. The normalized spacial score (nSPS) is 17.0. The van der Waals surface area contributed by atoms with Gasteiger partial charge in [0.05, 0.1) is 15.3 Å². The molecule has 1 fully saturated rings. The van der Waals surface area contributed by atoms with Gasteiger partial charge in [0.25, 0.3) is 0 Å². The van der Waals surface area contributed by atoms with Crippen LogP contribution in [0.15, 0.2) is 77.8 Å². The number of nitrogen functional groups attached to an aromatic ring is 1. The summed E-state index contributed by atoms with van der Waals surface area (Å²) in [6.45, 7) is 2.09. The van der Waals surface area contributed by atoms with Crippen molar-refractivity contribution in [3.63, 3.8) is 0 Å². The Morgan fingerprint density at radius 2 is 1.77 bits per heavy atom. The Hall–Kier alpha value is -3.70. The number of nitrogens with one attached hydrogen (secondary N) is 1. The van der Waals surface area contributed by atoms with Crippen molar-refractivity contribution >= 4 is 50.6 Å². The second kappa shape index (κ2) is 11.1. The molecule has 0 aliphatic carbocycles. The lowest BCUT2D eigenvalue weighted by Crippen LogP contribution is -2.48. The first-order valence-electron chi connectivity index (χ1n) is 13.6. The van der Waals surface area contributed by atoms with E-state index >= 15 is 0 Å². The number of nitrogens with zero attached hydrogens (tertiary/aromatic N) is 2. The number of carbonyl (C=O) groups is 1. The van der Waals surface area contributed by atoms with Crippen LogP contribution in [-0.4, -0.2) is 36.7 Å². The molecule has 6 rings (SSSR count). The van der Waals surface area contributed by atoms with Crippen molar-refractivity contribution in [2.45, 2.75) is 36.2 Å². The number of carbonyl (C=O) groups excluding carboxylic acids is 1. The first-order chi connectivity index (χ1) is 20.5. The summed E-state index contributed by atoms with van der Waals surface area (Å²) in [4.78, 5) is 17.9. The molecule has 1 aromatic heterocycles. The molecular weight excluding hydrogens is 614 g/mol. The van der Waals surface area contributed by atoms with Gasteiger partial charge in [-0.05, 0) is 73.4 Å². The fourth-order valence-corrected chi connectivity index (χ4v) is 7.95. The highest BCUT2D eigenvalue weighted by Gasteiger charge is 2.50. The van der Waals surface area contributed by atoms with Crippen molar-refractivity contribution in [1.29, 1.82) is 0 Å². The lowest BCUT2D eigenvalue weighted by Gasteiger charge is -2.37. The molecule has 3 aromatic carbocycles. The molecule has 0 saturated carbocycles. The maximum atomic E-state index is 14.1. The van der Waals surface area contributed by atoms with Gasteiger partial charge in [0, 0.05) is 41.1 Å². The van der Waals surface area contributed by atoms with E-state index < -0.39 is 27.4 Å². The summed E-state index contributed by atoms with van der Waals surface area (Å²) < 4.78 is 48.0. The number of hydrogen-bond donors (Lipinski definition) is 2. The number of fused-ring (bicyclic) bond motifs is 2. The van der Waals surface area contributed by atoms with Crippen LogP contribution in [0, 0.1) is 5.82 Å². The zero-order valence-electron chi connectivity index (χ0n) is 23.0. The summed E-state index contributed by atoms with van der Waals surface area (Å²) in [7, 11) is -3.67. The summed E-state index contributed by atoms with van der Waals surface area (Å²) in [6.07, 6.45) is 1.53. The fourth-order valence-electron chi connectivity index (χ4n) is 5.81. The largest absolute Gasteiger partial charge is 0.482 e. The summed E-state index contributed by atoms with van der Waals surface area (Å²) >= 11 is 12.5. The van der Waals surface area contributed by atoms with E-state index in [-0.39, 0.29) is 51.1 Å². The van der Waals surface area contributed by atoms with Gasteiger partial charge in [-0.3, -0.25) is 4.79 Å². The van der Waals surface area contributed by atoms with E-state index in [0.717, 1.165) is 11.1 Å². The number of piperidine rings is 1. The molecule has 0 bridgehead atoms. The molecule has 2 aliphatic rings. The van der Waals surface area contributed by atoms with Crippen molar-refractivity contribution in [3.8, 4) is 16.9 Å². The molecule has 1 spiro atoms. The number of anilines is 2. The molecule has 222 valence electrons. The van der Waals surface area contributed by atoms with E-state index in [1.807, 2.05) is 18.2 Å². The van der Waals surface area contributed by atoms with Crippen LogP contribution in [0.1, 0.15) is 37.0 Å². The molecule has 2 aliphatic heterocycles. The maximum Gasteiger partial charge on any atom is 0.243 e. The summed E-state index contributed by atoms with van der Waals surface area (Å²) in [5.74, 6) is -0.380. The highest BCUT2D eigenvalue weighted by molar-refractivity contribution is 7.89. The van der Waals surface area contributed by atoms with Gasteiger partial charge in [-0.2, -0.15) is 4.31 Å². The SMILES string of the molecule is C[C@@H](Oc1cc(-c2ccc3c(c2)C2(CCN(S(=O)(=O)c4ccccc4)CC2)C(=O)N3)cnc1N)c1c(Cl)ccc(F)c1Cl. The van der Waals surface area contributed by atoms with Gasteiger partial charge in [0.1, 0.15) is 11.9 Å². The van der Waals surface area contributed by atoms with Crippen molar-refractivity contribution < 1.29 is 22.3 Å². The van der Waals surface area contributed by atoms with E-state index in [1.165, 1.54) is 16.4 Å². The van der Waals surface area contributed by atoms with E-state index in [9.17, 15) is 17.6 Å². The Kier molecular flexibility index (Phi) is 7.58. The van der Waals surface area contributed by atoms with E-state index in [0.29, 0.717) is 24.1 Å². The molecule has 43 heavy (non-hydrogen) atoms. The minimum absolute atomic E-state index is 0.126. The Labute approximate surface area is 258 Å². The zero-order chi connectivity index (χ0) is 30.5. The highest BCUT2D eigenvalue weighted by Crippen LogP contribution is 2.47. The third kappa shape index (κ3) is 5.12. The van der Waals surface area contributed by atoms with Crippen LogP contribution in [-0.2, 0) is 20.2 Å². The fraction of sp³-hybridized carbons (Fsp3) is 0.226. The van der Waals surface area contributed by atoms with Crippen LogP contribution in [0.25, 0.3) is 11.1 Å². The first kappa shape index (κ1) is 29.4. The molecule has 3 heterocycles. The molecule has 4 aromatic rings. The van der Waals surface area contributed by atoms with Gasteiger partial charge < -0.3 is 15.8 Å². The average molecular weight is 642 g/mol. The summed E-state index contributed by atoms with van der Waals surface area (Å²) in [6, 6.07) is 18.2.